The van der Waals surface area contributed by atoms with E-state index in [1.807, 2.05) is 18.2 Å². The zero-order chi connectivity index (χ0) is 11.3. The Labute approximate surface area is 101 Å². The van der Waals surface area contributed by atoms with E-state index in [1.54, 1.807) is 0 Å². The van der Waals surface area contributed by atoms with Crippen LogP contribution >= 0.6 is 23.2 Å². The maximum Gasteiger partial charge on any atom is 0.137 e. The molecule has 0 aliphatic carbocycles. The molecule has 0 heterocycles. The van der Waals surface area contributed by atoms with Crippen molar-refractivity contribution in [3.05, 3.63) is 28.8 Å². The van der Waals surface area contributed by atoms with Crippen LogP contribution in [0.1, 0.15) is 25.8 Å². The van der Waals surface area contributed by atoms with Crippen LogP contribution in [-0.4, -0.2) is 6.61 Å². The highest BCUT2D eigenvalue weighted by molar-refractivity contribution is 6.32. The molecule has 3 heteroatoms. The molecule has 1 nitrogen and oxygen atoms in total. The smallest absolute Gasteiger partial charge is 0.137 e. The normalized spacial score (nSPS) is 12.5. The highest BCUT2D eigenvalue weighted by Gasteiger charge is 2.05. The molecule has 0 bridgehead atoms. The maximum absolute atomic E-state index is 6.05. The third-order valence-electron chi connectivity index (χ3n) is 2.37. The first kappa shape index (κ1) is 12.7. The molecule has 1 aromatic rings. The summed E-state index contributed by atoms with van der Waals surface area (Å²) < 4.78 is 5.61. The Kier molecular flexibility index (Phi) is 5.27. The van der Waals surface area contributed by atoms with Gasteiger partial charge >= 0.3 is 0 Å². The summed E-state index contributed by atoms with van der Waals surface area (Å²) in [5.74, 6) is 1.77. The van der Waals surface area contributed by atoms with Gasteiger partial charge in [-0.15, -0.1) is 11.6 Å². The van der Waals surface area contributed by atoms with E-state index in [1.165, 1.54) is 0 Å². The second-order valence-electron chi connectivity index (χ2n) is 3.72. The van der Waals surface area contributed by atoms with Crippen LogP contribution in [0.3, 0.4) is 0 Å². The van der Waals surface area contributed by atoms with E-state index in [0.29, 0.717) is 23.4 Å². The lowest BCUT2D eigenvalue weighted by Crippen LogP contribution is -2.07. The van der Waals surface area contributed by atoms with Crippen LogP contribution in [0, 0.1) is 5.92 Å². The van der Waals surface area contributed by atoms with Crippen LogP contribution in [0.25, 0.3) is 0 Å². The Morgan fingerprint density at radius 1 is 1.40 bits per heavy atom. The molecule has 0 fully saturated rings. The Morgan fingerprint density at radius 2 is 2.13 bits per heavy atom. The molecule has 0 amide bonds. The van der Waals surface area contributed by atoms with Crippen molar-refractivity contribution in [2.24, 2.45) is 5.92 Å². The average molecular weight is 247 g/mol. The summed E-state index contributed by atoms with van der Waals surface area (Å²) in [6, 6.07) is 5.66. The van der Waals surface area contributed by atoms with E-state index in [9.17, 15) is 0 Å². The van der Waals surface area contributed by atoms with Gasteiger partial charge in [-0.05, 0) is 23.6 Å². The number of benzene rings is 1. The highest BCUT2D eigenvalue weighted by atomic mass is 35.5. The second kappa shape index (κ2) is 6.24. The minimum Gasteiger partial charge on any atom is -0.492 e. The molecule has 0 N–H and O–H groups in total. The summed E-state index contributed by atoms with van der Waals surface area (Å²) in [6.45, 7) is 5.00. The molecular weight excluding hydrogens is 231 g/mol. The molecule has 1 atom stereocenters. The number of ether oxygens (including phenoxy) is 1. The average Bonchev–Trinajstić information content (AvgIpc) is 2.26. The van der Waals surface area contributed by atoms with Crippen LogP contribution in [-0.2, 0) is 5.88 Å². The molecule has 0 radical (unpaired) electrons. The molecule has 15 heavy (non-hydrogen) atoms. The first-order valence-electron chi connectivity index (χ1n) is 5.14. The Hall–Kier alpha value is -0.400. The number of rotatable bonds is 5. The lowest BCUT2D eigenvalue weighted by molar-refractivity contribution is 0.256. The van der Waals surface area contributed by atoms with Crippen molar-refractivity contribution in [1.29, 1.82) is 0 Å². The van der Waals surface area contributed by atoms with Crippen molar-refractivity contribution in [2.45, 2.75) is 26.1 Å². The number of hydrogen-bond acceptors (Lipinski definition) is 1. The minimum atomic E-state index is 0.478. The van der Waals surface area contributed by atoms with Gasteiger partial charge in [-0.25, -0.2) is 0 Å². The molecule has 0 aliphatic heterocycles. The van der Waals surface area contributed by atoms with E-state index in [0.717, 1.165) is 17.7 Å². The molecule has 0 spiro atoms. The van der Waals surface area contributed by atoms with Gasteiger partial charge in [0.05, 0.1) is 11.6 Å². The molecule has 1 unspecified atom stereocenters. The molecule has 0 aliphatic rings. The zero-order valence-corrected chi connectivity index (χ0v) is 10.6. The highest BCUT2D eigenvalue weighted by Crippen LogP contribution is 2.26. The fourth-order valence-electron chi connectivity index (χ4n) is 1.09. The van der Waals surface area contributed by atoms with Gasteiger partial charge in [-0.3, -0.25) is 0 Å². The fraction of sp³-hybridized carbons (Fsp3) is 0.500. The molecule has 0 aromatic heterocycles. The van der Waals surface area contributed by atoms with Gasteiger partial charge in [-0.1, -0.05) is 37.9 Å². The van der Waals surface area contributed by atoms with E-state index in [-0.39, 0.29) is 0 Å². The second-order valence-corrected chi connectivity index (χ2v) is 4.40. The predicted octanol–water partition coefficient (Wildman–Crippen LogP) is 4.50. The van der Waals surface area contributed by atoms with Gasteiger partial charge in [0.2, 0.25) is 0 Å². The summed E-state index contributed by atoms with van der Waals surface area (Å²) in [5, 5.41) is 0.636. The number of halogens is 2. The van der Waals surface area contributed by atoms with Crippen LogP contribution in [0.4, 0.5) is 0 Å². The largest absolute Gasteiger partial charge is 0.492 e. The topological polar surface area (TPSA) is 9.23 Å². The minimum absolute atomic E-state index is 0.478. The van der Waals surface area contributed by atoms with Gasteiger partial charge in [0, 0.05) is 5.88 Å². The van der Waals surface area contributed by atoms with Crippen molar-refractivity contribution in [2.75, 3.05) is 6.61 Å². The van der Waals surface area contributed by atoms with Crippen LogP contribution in [0.15, 0.2) is 18.2 Å². The van der Waals surface area contributed by atoms with Crippen molar-refractivity contribution >= 4 is 23.2 Å². The van der Waals surface area contributed by atoms with E-state index in [4.69, 9.17) is 27.9 Å². The lowest BCUT2D eigenvalue weighted by atomic mass is 10.1. The number of alkyl halides is 1. The first-order chi connectivity index (χ1) is 7.17. The molecule has 1 rings (SSSR count). The summed E-state index contributed by atoms with van der Waals surface area (Å²) in [4.78, 5) is 0. The summed E-state index contributed by atoms with van der Waals surface area (Å²) >= 11 is 11.8. The van der Waals surface area contributed by atoms with Gasteiger partial charge in [0.15, 0.2) is 0 Å². The van der Waals surface area contributed by atoms with Crippen LogP contribution < -0.4 is 4.74 Å². The molecular formula is C12H16Cl2O. The Morgan fingerprint density at radius 3 is 2.67 bits per heavy atom. The summed E-state index contributed by atoms with van der Waals surface area (Å²) in [5.41, 5.74) is 1.01. The van der Waals surface area contributed by atoms with Crippen LogP contribution in [0.5, 0.6) is 5.75 Å². The van der Waals surface area contributed by atoms with Crippen molar-refractivity contribution in [3.8, 4) is 5.75 Å². The monoisotopic (exact) mass is 246 g/mol. The Balaban J connectivity index is 2.62. The molecule has 1 aromatic carbocycles. The third-order valence-corrected chi connectivity index (χ3v) is 2.97. The van der Waals surface area contributed by atoms with E-state index >= 15 is 0 Å². The van der Waals surface area contributed by atoms with Gasteiger partial charge < -0.3 is 4.74 Å². The summed E-state index contributed by atoms with van der Waals surface area (Å²) in [7, 11) is 0. The molecule has 0 saturated heterocycles. The third kappa shape index (κ3) is 3.92. The predicted molar refractivity (Wildman–Crippen MR) is 66.0 cm³/mol. The standard InChI is InChI=1S/C12H16Cl2O/c1-3-9(2)8-15-12-5-4-10(7-13)6-11(12)14/h4-6,9H,3,7-8H2,1-2H3. The first-order valence-corrected chi connectivity index (χ1v) is 6.05. The van der Waals surface area contributed by atoms with E-state index in [2.05, 4.69) is 13.8 Å². The Bertz CT molecular complexity index is 312. The van der Waals surface area contributed by atoms with Crippen molar-refractivity contribution in [3.63, 3.8) is 0 Å². The number of hydrogen-bond donors (Lipinski definition) is 0. The van der Waals surface area contributed by atoms with Crippen LogP contribution in [0.2, 0.25) is 5.02 Å². The van der Waals surface area contributed by atoms with Gasteiger partial charge in [0.1, 0.15) is 5.75 Å². The van der Waals surface area contributed by atoms with Crippen molar-refractivity contribution < 1.29 is 4.74 Å². The quantitative estimate of drug-likeness (QED) is 0.696. The zero-order valence-electron chi connectivity index (χ0n) is 9.09. The summed E-state index contributed by atoms with van der Waals surface area (Å²) in [6.07, 6.45) is 1.11. The van der Waals surface area contributed by atoms with Crippen molar-refractivity contribution in [1.82, 2.24) is 0 Å². The maximum atomic E-state index is 6.05. The fourth-order valence-corrected chi connectivity index (χ4v) is 1.52. The van der Waals surface area contributed by atoms with Gasteiger partial charge in [-0.2, -0.15) is 0 Å². The molecule has 84 valence electrons. The SMILES string of the molecule is CCC(C)COc1ccc(CCl)cc1Cl. The van der Waals surface area contributed by atoms with E-state index < -0.39 is 0 Å². The molecule has 0 saturated carbocycles. The van der Waals surface area contributed by atoms with Gasteiger partial charge in [0.25, 0.3) is 0 Å². The lowest BCUT2D eigenvalue weighted by Gasteiger charge is -2.12.